The fourth-order valence-electron chi connectivity index (χ4n) is 2.51. The van der Waals surface area contributed by atoms with Gasteiger partial charge in [0.25, 0.3) is 5.91 Å². The van der Waals surface area contributed by atoms with Crippen LogP contribution in [0, 0.1) is 6.92 Å². The van der Waals surface area contributed by atoms with Crippen LogP contribution >= 0.6 is 0 Å². The zero-order valence-corrected chi connectivity index (χ0v) is 12.0. The molecule has 2 aromatic rings. The predicted molar refractivity (Wildman–Crippen MR) is 82.2 cm³/mol. The summed E-state index contributed by atoms with van der Waals surface area (Å²) in [5.41, 5.74) is 4.03. The van der Waals surface area contributed by atoms with Crippen LogP contribution in [0.15, 0.2) is 24.5 Å². The zero-order chi connectivity index (χ0) is 15.7. The number of carbonyl (C=O) groups is 2. The van der Waals surface area contributed by atoms with E-state index in [1.807, 2.05) is 13.0 Å². The number of carboxylic acid groups (broad SMARTS) is 1. The van der Waals surface area contributed by atoms with Crippen molar-refractivity contribution < 1.29 is 14.7 Å². The van der Waals surface area contributed by atoms with Crippen molar-refractivity contribution in [1.82, 2.24) is 9.97 Å². The molecule has 1 aliphatic rings. The lowest BCUT2D eigenvalue weighted by Crippen LogP contribution is -2.04. The van der Waals surface area contributed by atoms with Crippen LogP contribution in [0.1, 0.15) is 28.8 Å². The van der Waals surface area contributed by atoms with E-state index in [0.29, 0.717) is 17.8 Å². The molecule has 112 valence electrons. The molecule has 0 aromatic carbocycles. The first-order chi connectivity index (χ1) is 10.6. The standard InChI is InChI=1S/C16H15N3O3/c1-9-10(4-5-14(20)21)8-18-13(9)7-12-11-3-2-6-17-15(11)19-16(12)22/h2-3,6-8,18H,4-5H2,1H3,(H,20,21)(H,17,19,22). The van der Waals surface area contributed by atoms with Gasteiger partial charge in [0.2, 0.25) is 0 Å². The van der Waals surface area contributed by atoms with Gasteiger partial charge < -0.3 is 15.4 Å². The Morgan fingerprint density at radius 3 is 3.05 bits per heavy atom. The van der Waals surface area contributed by atoms with E-state index < -0.39 is 5.97 Å². The first kappa shape index (κ1) is 14.1. The van der Waals surface area contributed by atoms with Gasteiger partial charge in [0.1, 0.15) is 5.82 Å². The molecule has 0 aliphatic carbocycles. The number of amides is 1. The highest BCUT2D eigenvalue weighted by atomic mass is 16.4. The number of fused-ring (bicyclic) bond motifs is 1. The molecule has 6 nitrogen and oxygen atoms in total. The van der Waals surface area contributed by atoms with Gasteiger partial charge in [-0.1, -0.05) is 0 Å². The van der Waals surface area contributed by atoms with E-state index in [0.717, 1.165) is 22.4 Å². The molecular weight excluding hydrogens is 282 g/mol. The van der Waals surface area contributed by atoms with Crippen molar-refractivity contribution >= 4 is 29.3 Å². The largest absolute Gasteiger partial charge is 0.481 e. The summed E-state index contributed by atoms with van der Waals surface area (Å²) in [5, 5.41) is 11.5. The van der Waals surface area contributed by atoms with Crippen molar-refractivity contribution in [1.29, 1.82) is 0 Å². The highest BCUT2D eigenvalue weighted by Gasteiger charge is 2.25. The van der Waals surface area contributed by atoms with Crippen molar-refractivity contribution in [2.75, 3.05) is 5.32 Å². The Morgan fingerprint density at radius 2 is 2.27 bits per heavy atom. The SMILES string of the molecule is Cc1c(CCC(=O)O)c[nH]c1C=C1C(=O)Nc2ncccc21. The lowest BCUT2D eigenvalue weighted by molar-refractivity contribution is -0.137. The van der Waals surface area contributed by atoms with E-state index in [1.165, 1.54) is 0 Å². The first-order valence-corrected chi connectivity index (χ1v) is 6.93. The quantitative estimate of drug-likeness (QED) is 0.754. The minimum Gasteiger partial charge on any atom is -0.481 e. The molecule has 0 saturated heterocycles. The molecule has 3 N–H and O–H groups in total. The molecule has 1 amide bonds. The molecule has 0 unspecified atom stereocenters. The van der Waals surface area contributed by atoms with Gasteiger partial charge in [-0.3, -0.25) is 9.59 Å². The highest BCUT2D eigenvalue weighted by Crippen LogP contribution is 2.31. The summed E-state index contributed by atoms with van der Waals surface area (Å²) < 4.78 is 0. The molecule has 3 heterocycles. The second kappa shape index (κ2) is 5.48. The Hall–Kier alpha value is -2.89. The maximum absolute atomic E-state index is 12.1. The Labute approximate surface area is 126 Å². The highest BCUT2D eigenvalue weighted by molar-refractivity contribution is 6.34. The molecule has 0 spiro atoms. The van der Waals surface area contributed by atoms with Gasteiger partial charge in [-0.2, -0.15) is 0 Å². The fourth-order valence-corrected chi connectivity index (χ4v) is 2.51. The summed E-state index contributed by atoms with van der Waals surface area (Å²) >= 11 is 0. The maximum Gasteiger partial charge on any atom is 0.303 e. The van der Waals surface area contributed by atoms with Crippen molar-refractivity contribution in [3.63, 3.8) is 0 Å². The lowest BCUT2D eigenvalue weighted by Gasteiger charge is -1.99. The normalized spacial score (nSPS) is 15.0. The molecule has 22 heavy (non-hydrogen) atoms. The minimum atomic E-state index is -0.823. The van der Waals surface area contributed by atoms with E-state index in [4.69, 9.17) is 5.11 Å². The number of hydrogen-bond acceptors (Lipinski definition) is 3. The van der Waals surface area contributed by atoms with Gasteiger partial charge in [-0.15, -0.1) is 0 Å². The minimum absolute atomic E-state index is 0.0853. The first-order valence-electron chi connectivity index (χ1n) is 6.93. The molecule has 0 atom stereocenters. The predicted octanol–water partition coefficient (Wildman–Crippen LogP) is 2.23. The van der Waals surface area contributed by atoms with Gasteiger partial charge in [-0.05, 0) is 42.7 Å². The van der Waals surface area contributed by atoms with Gasteiger partial charge in [0.15, 0.2) is 0 Å². The van der Waals surface area contributed by atoms with E-state index in [9.17, 15) is 9.59 Å². The molecule has 0 bridgehead atoms. The van der Waals surface area contributed by atoms with Crippen molar-refractivity contribution in [2.24, 2.45) is 0 Å². The van der Waals surface area contributed by atoms with Crippen LogP contribution < -0.4 is 5.32 Å². The lowest BCUT2D eigenvalue weighted by atomic mass is 10.0. The van der Waals surface area contributed by atoms with Crippen LogP contribution in [-0.4, -0.2) is 27.0 Å². The van der Waals surface area contributed by atoms with Crippen molar-refractivity contribution in [2.45, 2.75) is 19.8 Å². The number of aryl methyl sites for hydroxylation is 1. The average molecular weight is 297 g/mol. The van der Waals surface area contributed by atoms with Gasteiger partial charge >= 0.3 is 5.97 Å². The molecule has 1 aliphatic heterocycles. The van der Waals surface area contributed by atoms with Gasteiger partial charge in [-0.25, -0.2) is 4.98 Å². The Morgan fingerprint density at radius 1 is 1.45 bits per heavy atom. The Kier molecular flexibility index (Phi) is 3.50. The zero-order valence-electron chi connectivity index (χ0n) is 12.0. The molecule has 0 radical (unpaired) electrons. The number of aromatic nitrogens is 2. The fraction of sp³-hybridized carbons (Fsp3) is 0.188. The number of aliphatic carboxylic acids is 1. The third-order valence-electron chi connectivity index (χ3n) is 3.76. The number of H-pyrrole nitrogens is 1. The topological polar surface area (TPSA) is 95.1 Å². The number of pyridine rings is 1. The van der Waals surface area contributed by atoms with Crippen molar-refractivity contribution in [3.8, 4) is 0 Å². The second-order valence-electron chi connectivity index (χ2n) is 5.16. The Balaban J connectivity index is 1.93. The number of carboxylic acids is 1. The number of hydrogen-bond donors (Lipinski definition) is 3. The summed E-state index contributed by atoms with van der Waals surface area (Å²) in [6, 6.07) is 3.63. The number of nitrogens with one attached hydrogen (secondary N) is 2. The van der Waals surface area contributed by atoms with Crippen LogP contribution in [0.3, 0.4) is 0 Å². The smallest absolute Gasteiger partial charge is 0.303 e. The van der Waals surface area contributed by atoms with E-state index in [2.05, 4.69) is 15.3 Å². The second-order valence-corrected chi connectivity index (χ2v) is 5.16. The third-order valence-corrected chi connectivity index (χ3v) is 3.76. The van der Waals surface area contributed by atoms with Gasteiger partial charge in [0, 0.05) is 30.1 Å². The number of aromatic amines is 1. The summed E-state index contributed by atoms with van der Waals surface area (Å²) in [7, 11) is 0. The van der Waals surface area contributed by atoms with E-state index in [1.54, 1.807) is 24.5 Å². The van der Waals surface area contributed by atoms with Crippen LogP contribution in [-0.2, 0) is 16.0 Å². The third kappa shape index (κ3) is 2.50. The van der Waals surface area contributed by atoms with E-state index in [-0.39, 0.29) is 12.3 Å². The van der Waals surface area contributed by atoms with Crippen LogP contribution in [0.5, 0.6) is 0 Å². The van der Waals surface area contributed by atoms with Crippen LogP contribution in [0.25, 0.3) is 11.6 Å². The summed E-state index contributed by atoms with van der Waals surface area (Å²) in [6.07, 6.45) is 5.75. The molecule has 2 aromatic heterocycles. The molecule has 0 saturated carbocycles. The summed E-state index contributed by atoms with van der Waals surface area (Å²) in [5.74, 6) is -0.445. The average Bonchev–Trinajstić information content (AvgIpc) is 2.99. The number of anilines is 1. The molecular formula is C16H15N3O3. The molecule has 0 fully saturated rings. The van der Waals surface area contributed by atoms with Gasteiger partial charge in [0.05, 0.1) is 5.57 Å². The number of carbonyl (C=O) groups excluding carboxylic acids is 1. The maximum atomic E-state index is 12.1. The molecule has 6 heteroatoms. The van der Waals surface area contributed by atoms with Crippen LogP contribution in [0.4, 0.5) is 5.82 Å². The van der Waals surface area contributed by atoms with Crippen LogP contribution in [0.2, 0.25) is 0 Å². The van der Waals surface area contributed by atoms with E-state index >= 15 is 0 Å². The Bertz CT molecular complexity index is 790. The molecule has 3 rings (SSSR count). The number of rotatable bonds is 4. The van der Waals surface area contributed by atoms with Crippen molar-refractivity contribution in [3.05, 3.63) is 46.9 Å². The number of nitrogens with zero attached hydrogens (tertiary/aromatic N) is 1. The monoisotopic (exact) mass is 297 g/mol. The summed E-state index contributed by atoms with van der Waals surface area (Å²) in [6.45, 7) is 1.91. The summed E-state index contributed by atoms with van der Waals surface area (Å²) in [4.78, 5) is 30.0.